The predicted molar refractivity (Wildman–Crippen MR) is 136 cm³/mol. The fourth-order valence-corrected chi connectivity index (χ4v) is 4.15. The maximum absolute atomic E-state index is 13.1. The third kappa shape index (κ3) is 5.58. The monoisotopic (exact) mass is 540 g/mol. The maximum atomic E-state index is 13.1. The Morgan fingerprint density at radius 1 is 1.03 bits per heavy atom. The van der Waals surface area contributed by atoms with Gasteiger partial charge in [0.25, 0.3) is 11.8 Å². The topological polar surface area (TPSA) is 122 Å². The van der Waals surface area contributed by atoms with E-state index in [9.17, 15) is 19.2 Å². The number of barbiturate groups is 1. The molecule has 3 aromatic rings. The van der Waals surface area contributed by atoms with Gasteiger partial charge in [0.05, 0.1) is 28.4 Å². The molecule has 1 aliphatic rings. The van der Waals surface area contributed by atoms with Gasteiger partial charge in [-0.1, -0.05) is 35.3 Å². The SMILES string of the molecule is COc1ccc(N2C(=O)NC(=O)/C(=C/c3cc(Cl)c(OCc4cccc(C(=O)O)c4)c(Cl)c3)C2=O)cc1. The lowest BCUT2D eigenvalue weighted by Crippen LogP contribution is -2.54. The van der Waals surface area contributed by atoms with Crippen molar-refractivity contribution in [2.75, 3.05) is 12.0 Å². The van der Waals surface area contributed by atoms with E-state index < -0.39 is 23.8 Å². The van der Waals surface area contributed by atoms with Gasteiger partial charge in [0.2, 0.25) is 0 Å². The number of nitrogens with one attached hydrogen (secondary N) is 1. The molecule has 37 heavy (non-hydrogen) atoms. The van der Waals surface area contributed by atoms with Crippen molar-refractivity contribution < 1.29 is 33.8 Å². The summed E-state index contributed by atoms with van der Waals surface area (Å²) in [6.07, 6.45) is 1.26. The Morgan fingerprint density at radius 2 is 1.70 bits per heavy atom. The molecule has 0 saturated carbocycles. The summed E-state index contributed by atoms with van der Waals surface area (Å²) in [6.45, 7) is 0.000814. The molecule has 1 saturated heterocycles. The number of carbonyl (C=O) groups excluding carboxylic acids is 3. The molecule has 188 valence electrons. The molecular weight excluding hydrogens is 523 g/mol. The summed E-state index contributed by atoms with van der Waals surface area (Å²) >= 11 is 12.7. The summed E-state index contributed by atoms with van der Waals surface area (Å²) < 4.78 is 10.8. The maximum Gasteiger partial charge on any atom is 0.335 e. The number of methoxy groups -OCH3 is 1. The van der Waals surface area contributed by atoms with E-state index in [2.05, 4.69) is 5.32 Å². The molecular formula is C26H18Cl2N2O7. The summed E-state index contributed by atoms with van der Waals surface area (Å²) in [5, 5.41) is 11.5. The highest BCUT2D eigenvalue weighted by Gasteiger charge is 2.36. The van der Waals surface area contributed by atoms with Gasteiger partial charge in [-0.05, 0) is 65.7 Å². The molecule has 0 radical (unpaired) electrons. The van der Waals surface area contributed by atoms with Gasteiger partial charge in [0.1, 0.15) is 17.9 Å². The van der Waals surface area contributed by atoms with Gasteiger partial charge in [-0.2, -0.15) is 0 Å². The highest BCUT2D eigenvalue weighted by molar-refractivity contribution is 6.40. The quantitative estimate of drug-likeness (QED) is 0.321. The van der Waals surface area contributed by atoms with Crippen LogP contribution in [0, 0.1) is 0 Å². The number of halogens is 2. The first-order valence-corrected chi connectivity index (χ1v) is 11.4. The average molecular weight is 541 g/mol. The minimum atomic E-state index is -1.07. The van der Waals surface area contributed by atoms with Crippen molar-refractivity contribution >= 4 is 58.8 Å². The molecule has 0 spiro atoms. The fourth-order valence-electron chi connectivity index (χ4n) is 3.54. The number of rotatable bonds is 7. The summed E-state index contributed by atoms with van der Waals surface area (Å²) in [4.78, 5) is 49.9. The number of carboxylic acids is 1. The Labute approximate surface area is 220 Å². The van der Waals surface area contributed by atoms with Crippen LogP contribution in [0.2, 0.25) is 10.0 Å². The van der Waals surface area contributed by atoms with Crippen LogP contribution in [0.25, 0.3) is 6.08 Å². The highest BCUT2D eigenvalue weighted by atomic mass is 35.5. The fraction of sp³-hybridized carbons (Fsp3) is 0.0769. The second-order valence-corrected chi connectivity index (χ2v) is 8.58. The number of carbonyl (C=O) groups is 4. The van der Waals surface area contributed by atoms with Crippen molar-refractivity contribution in [2.45, 2.75) is 6.61 Å². The van der Waals surface area contributed by atoms with E-state index in [-0.39, 0.29) is 39.2 Å². The van der Waals surface area contributed by atoms with Gasteiger partial charge in [0.15, 0.2) is 5.75 Å². The third-order valence-electron chi connectivity index (χ3n) is 5.32. The molecule has 0 atom stereocenters. The Bertz CT molecular complexity index is 1430. The van der Waals surface area contributed by atoms with Crippen molar-refractivity contribution in [2.24, 2.45) is 0 Å². The molecule has 1 aliphatic heterocycles. The zero-order valence-corrected chi connectivity index (χ0v) is 20.7. The average Bonchev–Trinajstić information content (AvgIpc) is 2.86. The molecule has 2 N–H and O–H groups in total. The van der Waals surface area contributed by atoms with E-state index in [1.54, 1.807) is 24.3 Å². The van der Waals surface area contributed by atoms with Crippen LogP contribution < -0.4 is 19.7 Å². The number of anilines is 1. The van der Waals surface area contributed by atoms with E-state index in [0.29, 0.717) is 16.9 Å². The third-order valence-corrected chi connectivity index (χ3v) is 5.88. The number of nitrogens with zero attached hydrogens (tertiary/aromatic N) is 1. The molecule has 0 unspecified atom stereocenters. The van der Waals surface area contributed by atoms with E-state index in [0.717, 1.165) is 4.90 Å². The van der Waals surface area contributed by atoms with Crippen LogP contribution in [0.1, 0.15) is 21.5 Å². The standard InChI is InChI=1S/C26H18Cl2N2O7/c1-36-18-7-5-17(6-8-18)30-24(32)19(23(31)29-26(30)35)10-15-11-20(27)22(21(28)12-15)37-13-14-3-2-4-16(9-14)25(33)34/h2-12H,13H2,1H3,(H,33,34)(H,29,31,35)/b19-10-. The van der Waals surface area contributed by atoms with Crippen molar-refractivity contribution in [3.05, 3.63) is 93.0 Å². The zero-order valence-electron chi connectivity index (χ0n) is 19.2. The van der Waals surface area contributed by atoms with Crippen LogP contribution in [-0.4, -0.2) is 36.0 Å². The molecule has 9 nitrogen and oxygen atoms in total. The predicted octanol–water partition coefficient (Wildman–Crippen LogP) is 4.95. The van der Waals surface area contributed by atoms with Crippen LogP contribution in [0.15, 0.2) is 66.2 Å². The molecule has 4 rings (SSSR count). The van der Waals surface area contributed by atoms with Gasteiger partial charge in [-0.25, -0.2) is 14.5 Å². The number of imide groups is 2. The van der Waals surface area contributed by atoms with Crippen molar-refractivity contribution in [1.29, 1.82) is 0 Å². The first kappa shape index (κ1) is 25.7. The molecule has 11 heteroatoms. The largest absolute Gasteiger partial charge is 0.497 e. The molecule has 1 heterocycles. The number of aromatic carboxylic acids is 1. The minimum absolute atomic E-state index is 0.000814. The Balaban J connectivity index is 1.58. The molecule has 4 amide bonds. The number of hydrogen-bond acceptors (Lipinski definition) is 6. The number of ether oxygens (including phenoxy) is 2. The Hall–Kier alpha value is -4.34. The van der Waals surface area contributed by atoms with Crippen LogP contribution in [0.3, 0.4) is 0 Å². The van der Waals surface area contributed by atoms with Crippen LogP contribution in [-0.2, 0) is 16.2 Å². The highest BCUT2D eigenvalue weighted by Crippen LogP contribution is 2.36. The normalized spacial score (nSPS) is 14.5. The van der Waals surface area contributed by atoms with Crippen LogP contribution >= 0.6 is 23.2 Å². The lowest BCUT2D eigenvalue weighted by atomic mass is 10.1. The number of benzene rings is 3. The van der Waals surface area contributed by atoms with Gasteiger partial charge in [-0.15, -0.1) is 0 Å². The van der Waals surface area contributed by atoms with E-state index in [1.807, 2.05) is 0 Å². The molecule has 0 aliphatic carbocycles. The summed E-state index contributed by atoms with van der Waals surface area (Å²) in [5.41, 5.74) is 0.955. The first-order valence-electron chi connectivity index (χ1n) is 10.7. The summed E-state index contributed by atoms with van der Waals surface area (Å²) in [7, 11) is 1.48. The lowest BCUT2D eigenvalue weighted by Gasteiger charge is -2.26. The minimum Gasteiger partial charge on any atom is -0.497 e. The van der Waals surface area contributed by atoms with Crippen LogP contribution in [0.5, 0.6) is 11.5 Å². The van der Waals surface area contributed by atoms with Gasteiger partial charge in [-0.3, -0.25) is 14.9 Å². The van der Waals surface area contributed by atoms with Gasteiger partial charge in [0, 0.05) is 0 Å². The van der Waals surface area contributed by atoms with Crippen molar-refractivity contribution in [3.8, 4) is 11.5 Å². The van der Waals surface area contributed by atoms with Crippen molar-refractivity contribution in [3.63, 3.8) is 0 Å². The second kappa shape index (κ2) is 10.7. The van der Waals surface area contributed by atoms with Gasteiger partial charge < -0.3 is 14.6 Å². The lowest BCUT2D eigenvalue weighted by molar-refractivity contribution is -0.122. The van der Waals surface area contributed by atoms with Crippen molar-refractivity contribution in [1.82, 2.24) is 5.32 Å². The number of amides is 4. The Kier molecular flexibility index (Phi) is 7.47. The number of carboxylic acid groups (broad SMARTS) is 1. The number of hydrogen-bond donors (Lipinski definition) is 2. The zero-order chi connectivity index (χ0) is 26.7. The van der Waals surface area contributed by atoms with Gasteiger partial charge >= 0.3 is 12.0 Å². The second-order valence-electron chi connectivity index (χ2n) is 7.76. The Morgan fingerprint density at radius 3 is 2.32 bits per heavy atom. The first-order chi connectivity index (χ1) is 17.7. The molecule has 3 aromatic carbocycles. The number of urea groups is 1. The van der Waals surface area contributed by atoms with E-state index in [4.69, 9.17) is 37.8 Å². The van der Waals surface area contributed by atoms with E-state index >= 15 is 0 Å². The molecule has 0 aromatic heterocycles. The smallest absolute Gasteiger partial charge is 0.335 e. The summed E-state index contributed by atoms with van der Waals surface area (Å²) in [6, 6.07) is 14.4. The van der Waals surface area contributed by atoms with E-state index in [1.165, 1.54) is 49.6 Å². The summed E-state index contributed by atoms with van der Waals surface area (Å²) in [5.74, 6) is -2.10. The molecule has 1 fully saturated rings. The molecule has 0 bridgehead atoms. The van der Waals surface area contributed by atoms with Crippen LogP contribution in [0.4, 0.5) is 10.5 Å².